The average molecular weight is 483 g/mol. The van der Waals surface area contributed by atoms with Gasteiger partial charge in [-0.15, -0.1) is 0 Å². The van der Waals surface area contributed by atoms with Crippen molar-refractivity contribution in [3.8, 4) is 11.8 Å². The summed E-state index contributed by atoms with van der Waals surface area (Å²) in [5, 5.41) is 13.9. The van der Waals surface area contributed by atoms with Gasteiger partial charge in [-0.05, 0) is 61.0 Å². The van der Waals surface area contributed by atoms with Gasteiger partial charge in [0.15, 0.2) is 5.75 Å². The number of rotatable bonds is 6. The predicted molar refractivity (Wildman–Crippen MR) is 136 cm³/mol. The van der Waals surface area contributed by atoms with Crippen LogP contribution in [0.4, 0.5) is 5.69 Å². The lowest BCUT2D eigenvalue weighted by molar-refractivity contribution is -0.112. The zero-order chi connectivity index (χ0) is 25.0. The van der Waals surface area contributed by atoms with Gasteiger partial charge in [0, 0.05) is 11.3 Å². The molecule has 0 saturated heterocycles. The van der Waals surface area contributed by atoms with E-state index in [2.05, 4.69) is 5.32 Å². The van der Waals surface area contributed by atoms with Crippen LogP contribution in [0.2, 0.25) is 0 Å². The van der Waals surface area contributed by atoms with E-state index in [9.17, 15) is 18.5 Å². The number of benzene rings is 4. The first-order valence-corrected chi connectivity index (χ1v) is 12.2. The lowest BCUT2D eigenvalue weighted by Crippen LogP contribution is -2.14. The molecule has 1 amide bonds. The number of anilines is 1. The molecule has 0 saturated carbocycles. The molecule has 0 bridgehead atoms. The Balaban J connectivity index is 1.77. The van der Waals surface area contributed by atoms with Gasteiger partial charge in [0.05, 0.1) is 0 Å². The van der Waals surface area contributed by atoms with Gasteiger partial charge in [-0.2, -0.15) is 13.7 Å². The van der Waals surface area contributed by atoms with E-state index in [1.54, 1.807) is 42.5 Å². The summed E-state index contributed by atoms with van der Waals surface area (Å²) in [6.45, 7) is 3.79. The second-order valence-corrected chi connectivity index (χ2v) is 9.59. The Hall–Kier alpha value is -4.41. The summed E-state index contributed by atoms with van der Waals surface area (Å²) in [6, 6.07) is 25.9. The van der Waals surface area contributed by atoms with Crippen molar-refractivity contribution in [2.45, 2.75) is 18.7 Å². The van der Waals surface area contributed by atoms with E-state index in [1.807, 2.05) is 44.2 Å². The number of aryl methyl sites for hydroxylation is 2. The molecule has 4 aromatic rings. The van der Waals surface area contributed by atoms with Crippen molar-refractivity contribution in [3.63, 3.8) is 0 Å². The number of nitriles is 1. The molecule has 0 aliphatic heterocycles. The molecule has 0 aliphatic rings. The van der Waals surface area contributed by atoms with Crippen LogP contribution in [0.3, 0.4) is 0 Å². The van der Waals surface area contributed by atoms with Gasteiger partial charge in [0.25, 0.3) is 5.91 Å². The maximum atomic E-state index is 13.0. The molecule has 0 fully saturated rings. The van der Waals surface area contributed by atoms with E-state index in [4.69, 9.17) is 4.18 Å². The number of hydrogen-bond donors (Lipinski definition) is 1. The topological polar surface area (TPSA) is 96.3 Å². The van der Waals surface area contributed by atoms with Crippen LogP contribution >= 0.6 is 0 Å². The van der Waals surface area contributed by atoms with E-state index in [1.165, 1.54) is 24.3 Å². The summed E-state index contributed by atoms with van der Waals surface area (Å²) < 4.78 is 31.5. The number of fused-ring (bicyclic) bond motifs is 1. The smallest absolute Gasteiger partial charge is 0.339 e. The lowest BCUT2D eigenvalue weighted by Gasteiger charge is -2.13. The van der Waals surface area contributed by atoms with Crippen LogP contribution in [0, 0.1) is 25.2 Å². The number of nitrogens with one attached hydrogen (secondary N) is 1. The minimum absolute atomic E-state index is 0.00353. The maximum Gasteiger partial charge on any atom is 0.339 e. The van der Waals surface area contributed by atoms with Gasteiger partial charge in [0.1, 0.15) is 16.5 Å². The van der Waals surface area contributed by atoms with Gasteiger partial charge in [-0.25, -0.2) is 0 Å². The van der Waals surface area contributed by atoms with Crippen molar-refractivity contribution in [1.29, 1.82) is 5.26 Å². The third kappa shape index (κ3) is 5.40. The second kappa shape index (κ2) is 9.84. The summed E-state index contributed by atoms with van der Waals surface area (Å²) in [5.41, 5.74) is 2.61. The molecule has 0 aliphatic carbocycles. The van der Waals surface area contributed by atoms with Crippen LogP contribution in [-0.2, 0) is 14.9 Å². The van der Waals surface area contributed by atoms with Gasteiger partial charge < -0.3 is 9.50 Å². The van der Waals surface area contributed by atoms with Gasteiger partial charge in [-0.3, -0.25) is 4.79 Å². The van der Waals surface area contributed by atoms with Gasteiger partial charge >= 0.3 is 10.1 Å². The second-order valence-electron chi connectivity index (χ2n) is 8.04. The molecule has 0 radical (unpaired) electrons. The van der Waals surface area contributed by atoms with E-state index in [0.29, 0.717) is 16.6 Å². The first-order chi connectivity index (χ1) is 16.8. The van der Waals surface area contributed by atoms with Gasteiger partial charge in [0.2, 0.25) is 0 Å². The lowest BCUT2D eigenvalue weighted by atomic mass is 10.0. The Morgan fingerprint density at radius 2 is 1.51 bits per heavy atom. The summed E-state index contributed by atoms with van der Waals surface area (Å²) in [4.78, 5) is 12.9. The molecule has 1 N–H and O–H groups in total. The first kappa shape index (κ1) is 23.7. The van der Waals surface area contributed by atoms with Crippen molar-refractivity contribution in [1.82, 2.24) is 0 Å². The van der Waals surface area contributed by atoms with Crippen LogP contribution in [-0.4, -0.2) is 14.3 Å². The number of carbonyl (C=O) groups is 1. The molecule has 0 unspecified atom stereocenters. The fraction of sp³-hybridized carbons (Fsp3) is 0.0714. The first-order valence-electron chi connectivity index (χ1n) is 10.8. The van der Waals surface area contributed by atoms with Crippen LogP contribution in [0.1, 0.15) is 16.7 Å². The summed E-state index contributed by atoms with van der Waals surface area (Å²) in [5.74, 6) is -0.600. The molecule has 4 aromatic carbocycles. The standard InChI is InChI=1S/C28H22N2O4S/c1-19-7-12-23(13-8-19)30-28(31)22(18-29)17-26-25-6-4-3-5-21(25)11-16-27(26)34-35(32,33)24-14-9-20(2)10-15-24/h3-17H,1-2H3,(H,30,31)/b22-17+. The average Bonchev–Trinajstić information content (AvgIpc) is 2.84. The molecule has 35 heavy (non-hydrogen) atoms. The van der Waals surface area contributed by atoms with Crippen LogP contribution in [0.25, 0.3) is 16.8 Å². The number of nitrogens with zero attached hydrogens (tertiary/aromatic N) is 1. The molecule has 0 aromatic heterocycles. The molecular weight excluding hydrogens is 460 g/mol. The fourth-order valence-electron chi connectivity index (χ4n) is 3.50. The highest BCUT2D eigenvalue weighted by molar-refractivity contribution is 7.87. The SMILES string of the molecule is Cc1ccc(NC(=O)/C(C#N)=C/c2c(OS(=O)(=O)c3ccc(C)cc3)ccc3ccccc23)cc1. The highest BCUT2D eigenvalue weighted by Crippen LogP contribution is 2.32. The molecule has 174 valence electrons. The normalized spacial score (nSPS) is 11.6. The highest BCUT2D eigenvalue weighted by atomic mass is 32.2. The summed E-state index contributed by atoms with van der Waals surface area (Å²) in [6.07, 6.45) is 1.35. The summed E-state index contributed by atoms with van der Waals surface area (Å²) >= 11 is 0. The molecule has 7 heteroatoms. The third-order valence-electron chi connectivity index (χ3n) is 5.40. The zero-order valence-corrected chi connectivity index (χ0v) is 20.0. The van der Waals surface area contributed by atoms with Crippen LogP contribution in [0.15, 0.2) is 95.4 Å². The minimum Gasteiger partial charge on any atom is -0.378 e. The van der Waals surface area contributed by atoms with Gasteiger partial charge in [-0.1, -0.05) is 65.7 Å². The Bertz CT molecular complexity index is 1580. The van der Waals surface area contributed by atoms with E-state index >= 15 is 0 Å². The number of hydrogen-bond acceptors (Lipinski definition) is 5. The van der Waals surface area contributed by atoms with Crippen LogP contribution in [0.5, 0.6) is 5.75 Å². The molecule has 4 rings (SSSR count). The quantitative estimate of drug-likeness (QED) is 0.214. The zero-order valence-electron chi connectivity index (χ0n) is 19.1. The number of amides is 1. The van der Waals surface area contributed by atoms with Crippen molar-refractivity contribution in [2.75, 3.05) is 5.32 Å². The van der Waals surface area contributed by atoms with Crippen molar-refractivity contribution >= 4 is 38.6 Å². The summed E-state index contributed by atoms with van der Waals surface area (Å²) in [7, 11) is -4.15. The van der Waals surface area contributed by atoms with Crippen molar-refractivity contribution < 1.29 is 17.4 Å². The van der Waals surface area contributed by atoms with Crippen molar-refractivity contribution in [2.24, 2.45) is 0 Å². The maximum absolute atomic E-state index is 13.0. The number of carbonyl (C=O) groups excluding carboxylic acids is 1. The predicted octanol–water partition coefficient (Wildman–Crippen LogP) is 5.77. The largest absolute Gasteiger partial charge is 0.378 e. The Labute approximate surface area is 204 Å². The fourth-order valence-corrected chi connectivity index (χ4v) is 4.44. The Kier molecular flexibility index (Phi) is 6.67. The third-order valence-corrected chi connectivity index (χ3v) is 6.65. The molecule has 6 nitrogen and oxygen atoms in total. The highest BCUT2D eigenvalue weighted by Gasteiger charge is 2.20. The Morgan fingerprint density at radius 3 is 2.17 bits per heavy atom. The van der Waals surface area contributed by atoms with Crippen LogP contribution < -0.4 is 9.50 Å². The Morgan fingerprint density at radius 1 is 0.886 bits per heavy atom. The van der Waals surface area contributed by atoms with E-state index in [-0.39, 0.29) is 16.2 Å². The van der Waals surface area contributed by atoms with E-state index in [0.717, 1.165) is 16.5 Å². The molecular formula is C28H22N2O4S. The molecule has 0 heterocycles. The molecule has 0 atom stereocenters. The minimum atomic E-state index is -4.15. The monoisotopic (exact) mass is 482 g/mol. The van der Waals surface area contributed by atoms with E-state index < -0.39 is 16.0 Å². The molecule has 0 spiro atoms. The van der Waals surface area contributed by atoms with Crippen molar-refractivity contribution in [3.05, 3.63) is 107 Å².